The van der Waals surface area contributed by atoms with Crippen LogP contribution in [0.4, 0.5) is 0 Å². The van der Waals surface area contributed by atoms with Gasteiger partial charge in [0.05, 0.1) is 0 Å². The van der Waals surface area contributed by atoms with Crippen molar-refractivity contribution in [1.29, 1.82) is 0 Å². The van der Waals surface area contributed by atoms with Gasteiger partial charge >= 0.3 is 0 Å². The molecule has 0 aliphatic carbocycles. The molecule has 1 aliphatic rings. The summed E-state index contributed by atoms with van der Waals surface area (Å²) < 4.78 is 0. The molecule has 0 aromatic heterocycles. The number of nitrogens with one attached hydrogen (secondary N) is 3. The summed E-state index contributed by atoms with van der Waals surface area (Å²) in [5.74, 6) is 0.859. The van der Waals surface area contributed by atoms with E-state index in [1.807, 2.05) is 13.8 Å². The third kappa shape index (κ3) is 16.4. The fourth-order valence-corrected chi connectivity index (χ4v) is 2.78. The van der Waals surface area contributed by atoms with Gasteiger partial charge in [0.1, 0.15) is 0 Å². The molecule has 4 N–H and O–H groups in total. The maximum atomic E-state index is 9.00. The Bertz CT molecular complexity index is 437. The van der Waals surface area contributed by atoms with Gasteiger partial charge in [0, 0.05) is 20.0 Å². The van der Waals surface area contributed by atoms with Gasteiger partial charge < -0.3 is 15.7 Å². The maximum absolute atomic E-state index is 9.00. The van der Waals surface area contributed by atoms with Gasteiger partial charge in [-0.2, -0.15) is 0 Å². The van der Waals surface area contributed by atoms with E-state index in [-0.39, 0.29) is 0 Å². The summed E-state index contributed by atoms with van der Waals surface area (Å²) in [6, 6.07) is 0. The lowest BCUT2D eigenvalue weighted by atomic mass is 10.1. The lowest BCUT2D eigenvalue weighted by molar-refractivity contribution is -0.134. The third-order valence-corrected chi connectivity index (χ3v) is 4.15. The zero-order chi connectivity index (χ0) is 21.3. The van der Waals surface area contributed by atoms with E-state index in [0.29, 0.717) is 0 Å². The molecule has 0 spiro atoms. The molecule has 0 radical (unpaired) electrons. The molecule has 7 heteroatoms. The van der Waals surface area contributed by atoms with Gasteiger partial charge in [-0.15, -0.1) is 0 Å². The van der Waals surface area contributed by atoms with E-state index in [9.17, 15) is 0 Å². The van der Waals surface area contributed by atoms with Crippen LogP contribution < -0.4 is 16.0 Å². The predicted molar refractivity (Wildman–Crippen MR) is 119 cm³/mol. The molecule has 0 unspecified atom stereocenters. The quantitative estimate of drug-likeness (QED) is 0.369. The van der Waals surface area contributed by atoms with Crippen LogP contribution in [-0.2, 0) is 4.79 Å². The molecule has 0 bridgehead atoms. The second-order valence-corrected chi connectivity index (χ2v) is 7.74. The molecule has 0 atom stereocenters. The Labute approximate surface area is 171 Å². The Morgan fingerprint density at radius 2 is 1.21 bits per heavy atom. The van der Waals surface area contributed by atoms with Crippen molar-refractivity contribution in [3.05, 3.63) is 0 Å². The van der Waals surface area contributed by atoms with E-state index in [1.165, 1.54) is 64.2 Å². The highest BCUT2D eigenvalue weighted by molar-refractivity contribution is 6.00. The predicted octanol–water partition coefficient (Wildman–Crippen LogP) is 4.25. The van der Waals surface area contributed by atoms with Crippen LogP contribution in [0.15, 0.2) is 9.98 Å². The molecular formula is C21H43N5O2. The topological polar surface area (TPSA) is 98.1 Å². The first kappa shape index (κ1) is 26.2. The Morgan fingerprint density at radius 1 is 0.857 bits per heavy atom. The second kappa shape index (κ2) is 16.2. The van der Waals surface area contributed by atoms with E-state index in [4.69, 9.17) is 9.90 Å². The molecule has 1 aliphatic heterocycles. The first-order chi connectivity index (χ1) is 13.3. The monoisotopic (exact) mass is 397 g/mol. The van der Waals surface area contributed by atoms with Crippen LogP contribution in [0.2, 0.25) is 0 Å². The summed E-state index contributed by atoms with van der Waals surface area (Å²) in [5, 5.41) is 17.5. The summed E-state index contributed by atoms with van der Waals surface area (Å²) in [6.45, 7) is 11.6. The maximum Gasteiger partial charge on any atom is 0.300 e. The second-order valence-electron chi connectivity index (χ2n) is 7.74. The average molecular weight is 398 g/mol. The van der Waals surface area contributed by atoms with Gasteiger partial charge in [-0.3, -0.25) is 10.1 Å². The van der Waals surface area contributed by atoms with Crippen LogP contribution in [-0.4, -0.2) is 41.7 Å². The largest absolute Gasteiger partial charge is 0.481 e. The van der Waals surface area contributed by atoms with Crippen LogP contribution in [0.3, 0.4) is 0 Å². The molecule has 28 heavy (non-hydrogen) atoms. The molecule has 0 aromatic carbocycles. The normalized spacial score (nSPS) is 14.8. The van der Waals surface area contributed by atoms with Gasteiger partial charge in [0.15, 0.2) is 5.66 Å². The summed E-state index contributed by atoms with van der Waals surface area (Å²) in [6.07, 6.45) is 12.9. The average Bonchev–Trinajstić information content (AvgIpc) is 2.59. The van der Waals surface area contributed by atoms with Crippen molar-refractivity contribution in [2.45, 2.75) is 104 Å². The summed E-state index contributed by atoms with van der Waals surface area (Å²) in [4.78, 5) is 18.3. The van der Waals surface area contributed by atoms with Gasteiger partial charge in [0.25, 0.3) is 5.97 Å². The van der Waals surface area contributed by atoms with Crippen molar-refractivity contribution in [3.8, 4) is 0 Å². The summed E-state index contributed by atoms with van der Waals surface area (Å²) in [7, 11) is 0. The van der Waals surface area contributed by atoms with Crippen molar-refractivity contribution < 1.29 is 9.90 Å². The number of aliphatic carboxylic acids is 1. The van der Waals surface area contributed by atoms with Crippen molar-refractivity contribution in [2.75, 3.05) is 13.1 Å². The number of unbranched alkanes of at least 4 members (excludes halogenated alkanes) is 8. The third-order valence-electron chi connectivity index (χ3n) is 4.15. The number of hydrogen-bond donors (Lipinski definition) is 4. The minimum atomic E-state index is -0.833. The number of carboxylic acid groups (broad SMARTS) is 1. The fraction of sp³-hybridized carbons (Fsp3) is 0.857. The molecular weight excluding hydrogens is 354 g/mol. The Hall–Kier alpha value is -1.79. The number of rotatable bonds is 12. The number of guanidine groups is 2. The molecule has 7 nitrogen and oxygen atoms in total. The Morgan fingerprint density at radius 3 is 1.57 bits per heavy atom. The first-order valence-electron chi connectivity index (χ1n) is 10.9. The number of hydrogen-bond acceptors (Lipinski definition) is 6. The van der Waals surface area contributed by atoms with Crippen molar-refractivity contribution in [3.63, 3.8) is 0 Å². The molecule has 164 valence electrons. The van der Waals surface area contributed by atoms with Gasteiger partial charge in [-0.25, -0.2) is 9.98 Å². The summed E-state index contributed by atoms with van der Waals surface area (Å²) in [5.41, 5.74) is -0.402. The van der Waals surface area contributed by atoms with Crippen molar-refractivity contribution >= 4 is 17.9 Å². The van der Waals surface area contributed by atoms with Crippen LogP contribution in [0.25, 0.3) is 0 Å². The molecule has 0 aromatic rings. The molecule has 1 heterocycles. The molecule has 1 rings (SSSR count). The highest BCUT2D eigenvalue weighted by Crippen LogP contribution is 2.13. The van der Waals surface area contributed by atoms with Crippen molar-refractivity contribution in [2.24, 2.45) is 9.98 Å². The Balaban J connectivity index is 0.00000165. The zero-order valence-corrected chi connectivity index (χ0v) is 18.7. The van der Waals surface area contributed by atoms with Crippen LogP contribution >= 0.6 is 0 Å². The Kier molecular flexibility index (Phi) is 15.2. The van der Waals surface area contributed by atoms with E-state index < -0.39 is 11.6 Å². The molecule has 0 fully saturated rings. The fourth-order valence-electron chi connectivity index (χ4n) is 2.78. The van der Waals surface area contributed by atoms with Crippen LogP contribution in [0, 0.1) is 0 Å². The molecule has 0 saturated heterocycles. The van der Waals surface area contributed by atoms with Gasteiger partial charge in [0.2, 0.25) is 11.9 Å². The standard InChI is InChI=1S/C19H39N5.C2H4O2/c1-5-7-9-11-13-15-20-17-22-18(24-19(3,4)23-17)21-16-14-12-10-8-6-2;1-2(3)4/h5-16H2,1-4H3,(H3,20,21,22,23,24);1H3,(H,3,4). The highest BCUT2D eigenvalue weighted by atomic mass is 16.4. The lowest BCUT2D eigenvalue weighted by Gasteiger charge is -2.26. The molecule has 0 amide bonds. The van der Waals surface area contributed by atoms with E-state index in [2.05, 4.69) is 39.8 Å². The van der Waals surface area contributed by atoms with Gasteiger partial charge in [-0.05, 0) is 26.7 Å². The van der Waals surface area contributed by atoms with Crippen LogP contribution in [0.1, 0.15) is 98.8 Å². The van der Waals surface area contributed by atoms with E-state index >= 15 is 0 Å². The lowest BCUT2D eigenvalue weighted by Crippen LogP contribution is -2.52. The smallest absolute Gasteiger partial charge is 0.300 e. The minimum absolute atomic E-state index is 0.402. The highest BCUT2D eigenvalue weighted by Gasteiger charge is 2.22. The van der Waals surface area contributed by atoms with E-state index in [1.54, 1.807) is 0 Å². The number of carbonyl (C=O) groups is 1. The number of nitrogens with zero attached hydrogens (tertiary/aromatic N) is 2. The van der Waals surface area contributed by atoms with Gasteiger partial charge in [-0.1, -0.05) is 65.2 Å². The minimum Gasteiger partial charge on any atom is -0.481 e. The van der Waals surface area contributed by atoms with E-state index in [0.717, 1.165) is 31.9 Å². The summed E-state index contributed by atoms with van der Waals surface area (Å²) >= 11 is 0. The van der Waals surface area contributed by atoms with Crippen LogP contribution in [0.5, 0.6) is 0 Å². The SMILES string of the molecule is CC(=O)O.CCCCCCCNC1=NC(C)(C)N=C(NCCCCCCC)N1. The number of aliphatic imine (C=N–C) groups is 2. The molecule has 0 saturated carbocycles. The number of carboxylic acids is 1. The first-order valence-corrected chi connectivity index (χ1v) is 10.9. The zero-order valence-electron chi connectivity index (χ0n) is 18.7. The van der Waals surface area contributed by atoms with Crippen molar-refractivity contribution in [1.82, 2.24) is 16.0 Å².